The van der Waals surface area contributed by atoms with E-state index in [4.69, 9.17) is 4.98 Å². The summed E-state index contributed by atoms with van der Waals surface area (Å²) in [7, 11) is 0. The molecule has 4 aliphatic carbocycles. The molecule has 0 unspecified atom stereocenters. The standard InChI is InChI=1S/C25H28N4O/c1-16-8-23(29(28-16)22-7-6-20-4-2-3-5-21(20)26-22)27-24(30)15-25-12-17-9-18(13-25)11-19(10-17)14-25/h2-8,17-19H,9-15H2,1H3,(H,27,30). The van der Waals surface area contributed by atoms with Gasteiger partial charge in [0.1, 0.15) is 5.82 Å². The smallest absolute Gasteiger partial charge is 0.226 e. The van der Waals surface area contributed by atoms with Gasteiger partial charge in [-0.05, 0) is 86.8 Å². The van der Waals surface area contributed by atoms with Crippen molar-refractivity contribution >= 4 is 22.6 Å². The first-order valence-electron chi connectivity index (χ1n) is 11.3. The number of anilines is 1. The Kier molecular flexibility index (Phi) is 4.02. The van der Waals surface area contributed by atoms with Gasteiger partial charge in [-0.3, -0.25) is 4.79 Å². The van der Waals surface area contributed by atoms with Crippen LogP contribution in [0.4, 0.5) is 5.82 Å². The van der Waals surface area contributed by atoms with Crippen molar-refractivity contribution in [3.05, 3.63) is 48.2 Å². The van der Waals surface area contributed by atoms with Crippen LogP contribution in [0.5, 0.6) is 0 Å². The van der Waals surface area contributed by atoms with Crippen LogP contribution in [-0.4, -0.2) is 20.7 Å². The Labute approximate surface area is 176 Å². The first-order chi connectivity index (χ1) is 14.6. The van der Waals surface area contributed by atoms with Gasteiger partial charge in [0.15, 0.2) is 5.82 Å². The van der Waals surface area contributed by atoms with E-state index in [1.165, 1.54) is 38.5 Å². The van der Waals surface area contributed by atoms with E-state index in [0.717, 1.165) is 40.2 Å². The van der Waals surface area contributed by atoms with Crippen LogP contribution in [0.15, 0.2) is 42.5 Å². The second-order valence-electron chi connectivity index (χ2n) is 10.1. The average Bonchev–Trinajstić information content (AvgIpc) is 3.06. The minimum atomic E-state index is 0.124. The zero-order chi connectivity index (χ0) is 20.3. The Balaban J connectivity index is 1.25. The summed E-state index contributed by atoms with van der Waals surface area (Å²) < 4.78 is 1.76. The summed E-state index contributed by atoms with van der Waals surface area (Å²) in [5.74, 6) is 4.15. The SMILES string of the molecule is Cc1cc(NC(=O)CC23CC4CC(CC(C4)C2)C3)n(-c2ccc3ccccc3n2)n1. The largest absolute Gasteiger partial charge is 0.311 e. The van der Waals surface area contributed by atoms with Crippen LogP contribution in [0.2, 0.25) is 0 Å². The number of amides is 1. The summed E-state index contributed by atoms with van der Waals surface area (Å²) in [4.78, 5) is 17.9. The van der Waals surface area contributed by atoms with Gasteiger partial charge in [-0.15, -0.1) is 0 Å². The van der Waals surface area contributed by atoms with Crippen molar-refractivity contribution in [2.75, 3.05) is 5.32 Å². The van der Waals surface area contributed by atoms with Gasteiger partial charge in [-0.25, -0.2) is 4.98 Å². The van der Waals surface area contributed by atoms with E-state index >= 15 is 0 Å². The van der Waals surface area contributed by atoms with Crippen LogP contribution in [0.1, 0.15) is 50.6 Å². The average molecular weight is 401 g/mol. The maximum atomic E-state index is 13.1. The Morgan fingerprint density at radius 1 is 1.07 bits per heavy atom. The lowest BCUT2D eigenvalue weighted by atomic mass is 9.49. The summed E-state index contributed by atoms with van der Waals surface area (Å²) in [5.41, 5.74) is 2.03. The molecule has 5 nitrogen and oxygen atoms in total. The molecule has 3 aromatic rings. The number of rotatable bonds is 4. The summed E-state index contributed by atoms with van der Waals surface area (Å²) in [6.45, 7) is 1.95. The van der Waals surface area contributed by atoms with Crippen molar-refractivity contribution in [1.29, 1.82) is 0 Å². The Morgan fingerprint density at radius 2 is 1.77 bits per heavy atom. The van der Waals surface area contributed by atoms with Crippen molar-refractivity contribution in [2.45, 2.75) is 51.9 Å². The number of carbonyl (C=O) groups excluding carboxylic acids is 1. The van der Waals surface area contributed by atoms with Crippen molar-refractivity contribution in [1.82, 2.24) is 14.8 Å². The normalized spacial score (nSPS) is 29.4. The van der Waals surface area contributed by atoms with Crippen molar-refractivity contribution < 1.29 is 4.79 Å². The van der Waals surface area contributed by atoms with Gasteiger partial charge in [0.25, 0.3) is 0 Å². The fraction of sp³-hybridized carbons (Fsp3) is 0.480. The number of carbonyl (C=O) groups is 1. The van der Waals surface area contributed by atoms with Gasteiger partial charge in [0.2, 0.25) is 5.91 Å². The second-order valence-corrected chi connectivity index (χ2v) is 10.1. The number of para-hydroxylation sites is 1. The van der Waals surface area contributed by atoms with E-state index < -0.39 is 0 Å². The van der Waals surface area contributed by atoms with Crippen molar-refractivity contribution in [3.63, 3.8) is 0 Å². The molecule has 2 heterocycles. The summed E-state index contributed by atoms with van der Waals surface area (Å²) in [6, 6.07) is 14.0. The van der Waals surface area contributed by atoms with Crippen LogP contribution in [0.3, 0.4) is 0 Å². The number of aromatic nitrogens is 3. The van der Waals surface area contributed by atoms with Crippen LogP contribution in [0, 0.1) is 30.1 Å². The van der Waals surface area contributed by atoms with Crippen LogP contribution in [0.25, 0.3) is 16.7 Å². The number of pyridine rings is 1. The lowest BCUT2D eigenvalue weighted by Crippen LogP contribution is -2.47. The van der Waals surface area contributed by atoms with Gasteiger partial charge in [0, 0.05) is 17.9 Å². The molecule has 0 atom stereocenters. The number of hydrogen-bond acceptors (Lipinski definition) is 3. The third kappa shape index (κ3) is 3.11. The van der Waals surface area contributed by atoms with Gasteiger partial charge >= 0.3 is 0 Å². The molecule has 4 saturated carbocycles. The molecule has 4 aliphatic rings. The maximum Gasteiger partial charge on any atom is 0.226 e. The van der Waals surface area contributed by atoms with E-state index in [-0.39, 0.29) is 11.3 Å². The molecule has 1 amide bonds. The number of nitrogens with one attached hydrogen (secondary N) is 1. The van der Waals surface area contributed by atoms with E-state index in [1.54, 1.807) is 4.68 Å². The predicted octanol–water partition coefficient (Wildman–Crippen LogP) is 5.27. The summed E-state index contributed by atoms with van der Waals surface area (Å²) in [5, 5.41) is 8.88. The monoisotopic (exact) mass is 400 g/mol. The lowest BCUT2D eigenvalue weighted by Gasteiger charge is -2.56. The molecule has 0 spiro atoms. The number of nitrogens with zero attached hydrogens (tertiary/aromatic N) is 3. The summed E-state index contributed by atoms with van der Waals surface area (Å²) >= 11 is 0. The van der Waals surface area contributed by atoms with Crippen LogP contribution < -0.4 is 5.32 Å². The second kappa shape index (κ2) is 6.66. The molecule has 4 bridgehead atoms. The highest BCUT2D eigenvalue weighted by atomic mass is 16.1. The molecule has 1 N–H and O–H groups in total. The molecule has 1 aromatic carbocycles. The van der Waals surface area contributed by atoms with Gasteiger partial charge < -0.3 is 5.32 Å². The number of benzene rings is 1. The Bertz CT molecular complexity index is 1100. The van der Waals surface area contributed by atoms with Gasteiger partial charge in [-0.1, -0.05) is 18.2 Å². The highest BCUT2D eigenvalue weighted by Gasteiger charge is 2.51. The van der Waals surface area contributed by atoms with Gasteiger partial charge in [-0.2, -0.15) is 9.78 Å². The van der Waals surface area contributed by atoms with Gasteiger partial charge in [0.05, 0.1) is 11.2 Å². The predicted molar refractivity (Wildman–Crippen MR) is 117 cm³/mol. The molecule has 2 aromatic heterocycles. The third-order valence-electron chi connectivity index (χ3n) is 7.60. The lowest BCUT2D eigenvalue weighted by molar-refractivity contribution is -0.124. The zero-order valence-electron chi connectivity index (χ0n) is 17.5. The minimum Gasteiger partial charge on any atom is -0.311 e. The minimum absolute atomic E-state index is 0.124. The topological polar surface area (TPSA) is 59.8 Å². The van der Waals surface area contributed by atoms with E-state index in [1.807, 2.05) is 37.3 Å². The van der Waals surface area contributed by atoms with Crippen molar-refractivity contribution in [3.8, 4) is 5.82 Å². The molecule has 0 radical (unpaired) electrons. The van der Waals surface area contributed by atoms with E-state index in [0.29, 0.717) is 12.2 Å². The molecular weight excluding hydrogens is 372 g/mol. The van der Waals surface area contributed by atoms with Crippen LogP contribution in [-0.2, 0) is 4.79 Å². The molecule has 0 aliphatic heterocycles. The fourth-order valence-electron chi connectivity index (χ4n) is 6.97. The summed E-state index contributed by atoms with van der Waals surface area (Å²) in [6.07, 6.45) is 8.60. The zero-order valence-corrected chi connectivity index (χ0v) is 17.5. The Hall–Kier alpha value is -2.69. The Morgan fingerprint density at radius 3 is 2.50 bits per heavy atom. The molecule has 154 valence electrons. The first kappa shape index (κ1) is 18.1. The van der Waals surface area contributed by atoms with E-state index in [9.17, 15) is 4.79 Å². The fourth-order valence-corrected chi connectivity index (χ4v) is 6.97. The quantitative estimate of drug-likeness (QED) is 0.649. The number of hydrogen-bond donors (Lipinski definition) is 1. The first-order valence-corrected chi connectivity index (χ1v) is 11.3. The highest BCUT2D eigenvalue weighted by molar-refractivity contribution is 5.91. The highest BCUT2D eigenvalue weighted by Crippen LogP contribution is 2.61. The molecular formula is C25H28N4O. The molecule has 4 fully saturated rings. The maximum absolute atomic E-state index is 13.1. The molecule has 7 rings (SSSR count). The molecule has 5 heteroatoms. The molecule has 0 saturated heterocycles. The van der Waals surface area contributed by atoms with Crippen molar-refractivity contribution in [2.24, 2.45) is 23.2 Å². The molecule has 30 heavy (non-hydrogen) atoms. The number of aryl methyl sites for hydroxylation is 1. The van der Waals surface area contributed by atoms with Crippen LogP contribution >= 0.6 is 0 Å². The third-order valence-corrected chi connectivity index (χ3v) is 7.60. The van der Waals surface area contributed by atoms with E-state index in [2.05, 4.69) is 22.5 Å². The number of fused-ring (bicyclic) bond motifs is 1.